The predicted molar refractivity (Wildman–Crippen MR) is 92.8 cm³/mol. The first-order valence-electron chi connectivity index (χ1n) is 8.01. The zero-order valence-corrected chi connectivity index (χ0v) is 13.3. The minimum atomic E-state index is -0.739. The monoisotopic (exact) mass is 305 g/mol. The van der Waals surface area contributed by atoms with Crippen LogP contribution in [0.4, 0.5) is 5.69 Å². The summed E-state index contributed by atoms with van der Waals surface area (Å²) in [5.74, 6) is 1.77. The summed E-state index contributed by atoms with van der Waals surface area (Å²) in [6.07, 6.45) is 14.6. The number of carbonyl (C=O) groups is 1. The molecule has 3 unspecified atom stereocenters. The Balaban J connectivity index is 2.00. The van der Waals surface area contributed by atoms with Crippen molar-refractivity contribution in [1.29, 1.82) is 0 Å². The number of hydrogen-bond acceptors (Lipinski definition) is 2. The second-order valence-corrected chi connectivity index (χ2v) is 6.23. The molecule has 3 heteroatoms. The third kappa shape index (κ3) is 2.90. The van der Waals surface area contributed by atoms with E-state index in [0.717, 1.165) is 18.7 Å². The molecule has 1 heterocycles. The van der Waals surface area contributed by atoms with Gasteiger partial charge in [0.05, 0.1) is 6.04 Å². The number of rotatable bonds is 3. The van der Waals surface area contributed by atoms with Gasteiger partial charge in [-0.1, -0.05) is 41.9 Å². The maximum atomic E-state index is 11.7. The van der Waals surface area contributed by atoms with Gasteiger partial charge in [0.15, 0.2) is 0 Å². The molecule has 23 heavy (non-hydrogen) atoms. The first-order chi connectivity index (χ1) is 11.1. The Kier molecular flexibility index (Phi) is 4.25. The maximum Gasteiger partial charge on any atom is 0.237 e. The standard InChI is InChI=1S/C20H21N2O/c1-3-16(20(21)23)17-8-4-5-9-19(17)22-12-6-7-15-13-14(2)10-11-18(15)22/h1,4-5,9-11,13,15-16,18H,6-7,12H2,2H3,(H2,21,23). The summed E-state index contributed by atoms with van der Waals surface area (Å²) < 4.78 is 0. The van der Waals surface area contributed by atoms with E-state index in [9.17, 15) is 4.79 Å². The molecule has 3 nitrogen and oxygen atoms in total. The minimum absolute atomic E-state index is 0.299. The fraction of sp³-hybridized carbons (Fsp3) is 0.350. The van der Waals surface area contributed by atoms with Crippen LogP contribution in [-0.4, -0.2) is 18.5 Å². The number of terminal acetylenes is 1. The number of amides is 1. The van der Waals surface area contributed by atoms with Gasteiger partial charge in [0.2, 0.25) is 5.91 Å². The van der Waals surface area contributed by atoms with E-state index in [-0.39, 0.29) is 0 Å². The van der Waals surface area contributed by atoms with Crippen molar-refractivity contribution < 1.29 is 4.79 Å². The second kappa shape index (κ2) is 6.34. The molecule has 2 aliphatic rings. The molecule has 1 saturated heterocycles. The van der Waals surface area contributed by atoms with Crippen molar-refractivity contribution in [2.45, 2.75) is 31.7 Å². The number of piperidine rings is 1. The lowest BCUT2D eigenvalue weighted by molar-refractivity contribution is -0.118. The Morgan fingerprint density at radius 1 is 1.57 bits per heavy atom. The van der Waals surface area contributed by atoms with Crippen LogP contribution < -0.4 is 10.6 Å². The van der Waals surface area contributed by atoms with E-state index in [0.29, 0.717) is 17.5 Å². The number of benzene rings is 1. The molecule has 1 aliphatic carbocycles. The number of nitrogens with zero attached hydrogens (tertiary/aromatic N) is 1. The average molecular weight is 305 g/mol. The van der Waals surface area contributed by atoms with Gasteiger partial charge in [0.1, 0.15) is 5.92 Å². The summed E-state index contributed by atoms with van der Waals surface area (Å²) >= 11 is 0. The van der Waals surface area contributed by atoms with E-state index in [1.165, 1.54) is 12.0 Å². The number of fused-ring (bicyclic) bond motifs is 1. The van der Waals surface area contributed by atoms with E-state index in [2.05, 4.69) is 42.0 Å². The van der Waals surface area contributed by atoms with Crippen molar-refractivity contribution >= 4 is 11.6 Å². The predicted octanol–water partition coefficient (Wildman–Crippen LogP) is 2.79. The molecule has 117 valence electrons. The average Bonchev–Trinajstić information content (AvgIpc) is 2.55. The molecule has 0 aromatic heterocycles. The highest BCUT2D eigenvalue weighted by Gasteiger charge is 2.32. The summed E-state index contributed by atoms with van der Waals surface area (Å²) in [7, 11) is 0. The van der Waals surface area contributed by atoms with E-state index < -0.39 is 11.8 Å². The molecule has 0 saturated carbocycles. The van der Waals surface area contributed by atoms with Gasteiger partial charge in [-0.2, -0.15) is 0 Å². The number of hydrogen-bond donors (Lipinski definition) is 1. The van der Waals surface area contributed by atoms with Gasteiger partial charge < -0.3 is 10.6 Å². The van der Waals surface area contributed by atoms with Crippen LogP contribution >= 0.6 is 0 Å². The summed E-state index contributed by atoms with van der Waals surface area (Å²) in [5.41, 5.74) is 8.48. The molecule has 1 aromatic rings. The molecule has 3 rings (SSSR count). The first-order valence-corrected chi connectivity index (χ1v) is 8.01. The van der Waals surface area contributed by atoms with Gasteiger partial charge in [0.25, 0.3) is 0 Å². The Morgan fingerprint density at radius 3 is 3.13 bits per heavy atom. The molecule has 1 amide bonds. The number of primary amides is 1. The van der Waals surface area contributed by atoms with Crippen molar-refractivity contribution in [3.05, 3.63) is 53.6 Å². The third-order valence-electron chi connectivity index (χ3n) is 4.68. The van der Waals surface area contributed by atoms with E-state index in [4.69, 9.17) is 12.2 Å². The van der Waals surface area contributed by atoms with Gasteiger partial charge in [-0.15, -0.1) is 6.42 Å². The van der Waals surface area contributed by atoms with Crippen molar-refractivity contribution in [2.24, 2.45) is 11.7 Å². The summed E-state index contributed by atoms with van der Waals surface area (Å²) in [6, 6.07) is 9.18. The fourth-order valence-electron chi connectivity index (χ4n) is 3.63. The molecular formula is C20H21N2O. The highest BCUT2D eigenvalue weighted by Crippen LogP contribution is 2.36. The van der Waals surface area contributed by atoms with Crippen LogP contribution in [0, 0.1) is 24.3 Å². The van der Waals surface area contributed by atoms with Gasteiger partial charge in [-0.3, -0.25) is 4.79 Å². The molecule has 1 aliphatic heterocycles. The first kappa shape index (κ1) is 15.4. The third-order valence-corrected chi connectivity index (χ3v) is 4.68. The van der Waals surface area contributed by atoms with Crippen LogP contribution in [0.3, 0.4) is 0 Å². The number of carbonyl (C=O) groups excluding carboxylic acids is 1. The quantitative estimate of drug-likeness (QED) is 0.873. The van der Waals surface area contributed by atoms with Crippen LogP contribution in [0.15, 0.2) is 42.0 Å². The highest BCUT2D eigenvalue weighted by atomic mass is 16.1. The second-order valence-electron chi connectivity index (χ2n) is 6.23. The molecule has 2 N–H and O–H groups in total. The van der Waals surface area contributed by atoms with Crippen LogP contribution in [0.25, 0.3) is 0 Å². The van der Waals surface area contributed by atoms with E-state index >= 15 is 0 Å². The van der Waals surface area contributed by atoms with Crippen molar-refractivity contribution in [2.75, 3.05) is 11.4 Å². The largest absolute Gasteiger partial charge is 0.368 e. The molecule has 0 bridgehead atoms. The molecule has 0 spiro atoms. The smallest absolute Gasteiger partial charge is 0.237 e. The molecule has 1 aromatic carbocycles. The topological polar surface area (TPSA) is 46.3 Å². The van der Waals surface area contributed by atoms with Crippen LogP contribution in [0.5, 0.6) is 0 Å². The van der Waals surface area contributed by atoms with Gasteiger partial charge in [-0.25, -0.2) is 0 Å². The van der Waals surface area contributed by atoms with Gasteiger partial charge in [0, 0.05) is 23.7 Å². The maximum absolute atomic E-state index is 11.7. The Labute approximate surface area is 137 Å². The molecular weight excluding hydrogens is 284 g/mol. The Bertz CT molecular complexity index is 711. The lowest BCUT2D eigenvalue weighted by Gasteiger charge is -2.43. The lowest BCUT2D eigenvalue weighted by atomic mass is 9.83. The van der Waals surface area contributed by atoms with Gasteiger partial charge in [-0.05, 0) is 31.9 Å². The van der Waals surface area contributed by atoms with Crippen molar-refractivity contribution in [3.63, 3.8) is 0 Å². The summed E-state index contributed by atoms with van der Waals surface area (Å²) in [6.45, 7) is 3.08. The number of allylic oxidation sites excluding steroid dienone is 2. The van der Waals surface area contributed by atoms with Crippen molar-refractivity contribution in [3.8, 4) is 12.3 Å². The van der Waals surface area contributed by atoms with E-state index in [1.807, 2.05) is 12.1 Å². The molecule has 1 fully saturated rings. The van der Waals surface area contributed by atoms with Crippen LogP contribution in [0.2, 0.25) is 0 Å². The Morgan fingerprint density at radius 2 is 2.39 bits per heavy atom. The number of anilines is 1. The van der Waals surface area contributed by atoms with Gasteiger partial charge >= 0.3 is 0 Å². The zero-order valence-electron chi connectivity index (χ0n) is 13.3. The fourth-order valence-corrected chi connectivity index (χ4v) is 3.63. The zero-order chi connectivity index (χ0) is 16.4. The van der Waals surface area contributed by atoms with Crippen LogP contribution in [-0.2, 0) is 4.79 Å². The van der Waals surface area contributed by atoms with E-state index in [1.54, 1.807) is 6.07 Å². The minimum Gasteiger partial charge on any atom is -0.368 e. The van der Waals surface area contributed by atoms with Crippen LogP contribution in [0.1, 0.15) is 31.2 Å². The Hall–Kier alpha value is -2.47. The highest BCUT2D eigenvalue weighted by molar-refractivity contribution is 5.87. The SMILES string of the molecule is C#CC(C(N)=O)c1[c]cccc1N1CCCC2C=C(C)C=CC21. The molecule has 3 atom stereocenters. The lowest BCUT2D eigenvalue weighted by Crippen LogP contribution is -2.45. The summed E-state index contributed by atoms with van der Waals surface area (Å²) in [4.78, 5) is 14.0. The van der Waals surface area contributed by atoms with Crippen molar-refractivity contribution in [1.82, 2.24) is 0 Å². The molecule has 1 radical (unpaired) electrons. The normalized spacial score (nSPS) is 24.3. The number of nitrogens with two attached hydrogens (primary N) is 1. The summed E-state index contributed by atoms with van der Waals surface area (Å²) in [5, 5.41) is 0.